The Balaban J connectivity index is 1.79. The van der Waals surface area contributed by atoms with Crippen LogP contribution >= 0.6 is 11.3 Å². The van der Waals surface area contributed by atoms with Crippen molar-refractivity contribution in [3.63, 3.8) is 0 Å². The van der Waals surface area contributed by atoms with E-state index < -0.39 is 5.60 Å². The predicted octanol–water partition coefficient (Wildman–Crippen LogP) is 2.44. The van der Waals surface area contributed by atoms with Gasteiger partial charge in [0.25, 0.3) is 11.5 Å². The SMILES string of the molecule is Cc1c(C(=O)N2CCCN(C(=O)OC(C)(C)C)CC2)sc2nc(CN(C)C)[nH]c(=O)c12. The number of ether oxygens (including phenoxy) is 1. The largest absolute Gasteiger partial charge is 0.444 e. The van der Waals surface area contributed by atoms with E-state index in [-0.39, 0.29) is 17.6 Å². The summed E-state index contributed by atoms with van der Waals surface area (Å²) in [6.07, 6.45) is 0.310. The molecule has 0 unspecified atom stereocenters. The Hall–Kier alpha value is -2.46. The molecule has 0 aromatic carbocycles. The van der Waals surface area contributed by atoms with E-state index in [2.05, 4.69) is 9.97 Å². The number of amides is 2. The lowest BCUT2D eigenvalue weighted by molar-refractivity contribution is 0.0255. The lowest BCUT2D eigenvalue weighted by atomic mass is 10.2. The van der Waals surface area contributed by atoms with E-state index in [0.717, 1.165) is 0 Å². The van der Waals surface area contributed by atoms with Crippen LogP contribution in [-0.4, -0.2) is 82.5 Å². The van der Waals surface area contributed by atoms with E-state index in [9.17, 15) is 14.4 Å². The minimum absolute atomic E-state index is 0.125. The van der Waals surface area contributed by atoms with Crippen molar-refractivity contribution in [3.05, 3.63) is 26.6 Å². The van der Waals surface area contributed by atoms with Crippen LogP contribution in [0.2, 0.25) is 0 Å². The summed E-state index contributed by atoms with van der Waals surface area (Å²) in [6.45, 7) is 9.73. The van der Waals surface area contributed by atoms with Crippen molar-refractivity contribution in [1.82, 2.24) is 24.7 Å². The number of rotatable bonds is 3. The van der Waals surface area contributed by atoms with Gasteiger partial charge in [0.15, 0.2) is 0 Å². The number of H-pyrrole nitrogens is 1. The first-order valence-corrected chi connectivity index (χ1v) is 11.2. The van der Waals surface area contributed by atoms with E-state index in [4.69, 9.17) is 4.74 Å². The lowest BCUT2D eigenvalue weighted by Gasteiger charge is -2.26. The molecular formula is C21H31N5O4S. The molecule has 0 atom stereocenters. The summed E-state index contributed by atoms with van der Waals surface area (Å²) >= 11 is 1.26. The van der Waals surface area contributed by atoms with Gasteiger partial charge < -0.3 is 24.4 Å². The Morgan fingerprint density at radius 1 is 1.16 bits per heavy atom. The molecule has 9 nitrogen and oxygen atoms in total. The van der Waals surface area contributed by atoms with Gasteiger partial charge in [-0.1, -0.05) is 0 Å². The Kier molecular flexibility index (Phi) is 6.70. The number of nitrogens with one attached hydrogen (secondary N) is 1. The Bertz CT molecular complexity index is 1040. The van der Waals surface area contributed by atoms with E-state index >= 15 is 0 Å². The lowest BCUT2D eigenvalue weighted by Crippen LogP contribution is -2.40. The average Bonchev–Trinajstić information content (AvgIpc) is 2.82. The maximum absolute atomic E-state index is 13.3. The molecule has 31 heavy (non-hydrogen) atoms. The van der Waals surface area contributed by atoms with E-state index in [1.54, 1.807) is 16.7 Å². The van der Waals surface area contributed by atoms with Crippen LogP contribution in [0.3, 0.4) is 0 Å². The second-order valence-corrected chi connectivity index (χ2v) is 10.1. The standard InChI is InChI=1S/C21H31N5O4S/c1-13-15-17(27)22-14(12-24(5)6)23-18(15)31-16(13)19(28)25-8-7-9-26(11-10-25)20(29)30-21(2,3)4/h7-12H2,1-6H3,(H,22,23,27). The van der Waals surface area contributed by atoms with Gasteiger partial charge >= 0.3 is 6.09 Å². The van der Waals surface area contributed by atoms with Crippen molar-refractivity contribution >= 4 is 33.6 Å². The number of hydrogen-bond donors (Lipinski definition) is 1. The smallest absolute Gasteiger partial charge is 0.410 e. The zero-order chi connectivity index (χ0) is 22.9. The summed E-state index contributed by atoms with van der Waals surface area (Å²) in [5.74, 6) is 0.450. The van der Waals surface area contributed by atoms with Crippen LogP contribution in [0.1, 0.15) is 48.3 Å². The number of fused-ring (bicyclic) bond motifs is 1. The molecular weight excluding hydrogens is 418 g/mol. The molecule has 3 rings (SSSR count). The van der Waals surface area contributed by atoms with Crippen molar-refractivity contribution in [2.75, 3.05) is 40.3 Å². The van der Waals surface area contributed by atoms with Crippen LogP contribution in [0.15, 0.2) is 4.79 Å². The quantitative estimate of drug-likeness (QED) is 0.773. The van der Waals surface area contributed by atoms with E-state index in [1.807, 2.05) is 39.8 Å². The highest BCUT2D eigenvalue weighted by atomic mass is 32.1. The molecule has 0 saturated carbocycles. The van der Waals surface area contributed by atoms with Gasteiger partial charge in [-0.05, 0) is 53.8 Å². The van der Waals surface area contributed by atoms with Crippen LogP contribution in [0, 0.1) is 6.92 Å². The third-order valence-corrected chi connectivity index (χ3v) is 6.12. The first kappa shape index (κ1) is 23.2. The van der Waals surface area contributed by atoms with Gasteiger partial charge in [0.05, 0.1) is 16.8 Å². The summed E-state index contributed by atoms with van der Waals surface area (Å²) in [5, 5.41) is 0.473. The fraction of sp³-hybridized carbons (Fsp3) is 0.619. The summed E-state index contributed by atoms with van der Waals surface area (Å²) < 4.78 is 5.46. The van der Waals surface area contributed by atoms with Crippen LogP contribution in [0.5, 0.6) is 0 Å². The van der Waals surface area contributed by atoms with Crippen LogP contribution in [0.25, 0.3) is 10.2 Å². The van der Waals surface area contributed by atoms with Crippen LogP contribution in [-0.2, 0) is 11.3 Å². The van der Waals surface area contributed by atoms with Gasteiger partial charge in [-0.3, -0.25) is 9.59 Å². The number of hydrogen-bond acceptors (Lipinski definition) is 7. The van der Waals surface area contributed by atoms with E-state index in [0.29, 0.717) is 65.6 Å². The Morgan fingerprint density at radius 2 is 1.81 bits per heavy atom. The highest BCUT2D eigenvalue weighted by Crippen LogP contribution is 2.28. The second kappa shape index (κ2) is 8.96. The molecule has 1 N–H and O–H groups in total. The molecule has 1 aliphatic rings. The van der Waals surface area contributed by atoms with E-state index in [1.165, 1.54) is 11.3 Å². The number of aromatic amines is 1. The van der Waals surface area contributed by atoms with Crippen molar-refractivity contribution in [3.8, 4) is 0 Å². The first-order chi connectivity index (χ1) is 14.5. The summed E-state index contributed by atoms with van der Waals surface area (Å²) in [5.41, 5.74) is -0.122. The molecule has 2 amide bonds. The molecule has 1 aliphatic heterocycles. The fourth-order valence-electron chi connectivity index (χ4n) is 3.54. The normalized spacial score (nSPS) is 15.5. The fourth-order valence-corrected chi connectivity index (χ4v) is 4.71. The molecule has 10 heteroatoms. The molecule has 2 aromatic heterocycles. The molecule has 0 aliphatic carbocycles. The van der Waals surface area contributed by atoms with Crippen LogP contribution < -0.4 is 5.56 Å². The van der Waals surface area contributed by atoms with Crippen molar-refractivity contribution in [1.29, 1.82) is 0 Å². The zero-order valence-corrected chi connectivity index (χ0v) is 19.9. The number of aromatic nitrogens is 2. The molecule has 1 fully saturated rings. The minimum Gasteiger partial charge on any atom is -0.444 e. The molecule has 2 aromatic rings. The number of thiophene rings is 1. The third-order valence-electron chi connectivity index (χ3n) is 4.94. The Morgan fingerprint density at radius 3 is 2.45 bits per heavy atom. The molecule has 170 valence electrons. The monoisotopic (exact) mass is 449 g/mol. The number of aryl methyl sites for hydroxylation is 1. The van der Waals surface area contributed by atoms with Crippen molar-refractivity contribution in [2.24, 2.45) is 0 Å². The first-order valence-electron chi connectivity index (χ1n) is 10.4. The van der Waals surface area contributed by atoms with Crippen LogP contribution in [0.4, 0.5) is 4.79 Å². The number of carbonyl (C=O) groups is 2. The highest BCUT2D eigenvalue weighted by Gasteiger charge is 2.28. The average molecular weight is 450 g/mol. The van der Waals surface area contributed by atoms with Gasteiger partial charge in [0.1, 0.15) is 16.3 Å². The van der Waals surface area contributed by atoms with Crippen molar-refractivity contribution in [2.45, 2.75) is 46.3 Å². The minimum atomic E-state index is -0.557. The van der Waals surface area contributed by atoms with Gasteiger partial charge in [-0.2, -0.15) is 0 Å². The zero-order valence-electron chi connectivity index (χ0n) is 19.1. The molecule has 1 saturated heterocycles. The maximum Gasteiger partial charge on any atom is 0.410 e. The number of carbonyl (C=O) groups excluding carboxylic acids is 2. The van der Waals surface area contributed by atoms with Gasteiger partial charge in [0.2, 0.25) is 0 Å². The molecule has 0 radical (unpaired) electrons. The summed E-state index contributed by atoms with van der Waals surface area (Å²) in [7, 11) is 3.80. The summed E-state index contributed by atoms with van der Waals surface area (Å²) in [4.78, 5) is 52.1. The maximum atomic E-state index is 13.3. The van der Waals surface area contributed by atoms with Gasteiger partial charge in [-0.15, -0.1) is 11.3 Å². The number of nitrogens with zero attached hydrogens (tertiary/aromatic N) is 4. The van der Waals surface area contributed by atoms with Crippen molar-refractivity contribution < 1.29 is 14.3 Å². The molecule has 3 heterocycles. The Labute approximate surface area is 186 Å². The third kappa shape index (κ3) is 5.43. The second-order valence-electron chi connectivity index (χ2n) is 9.10. The predicted molar refractivity (Wildman–Crippen MR) is 121 cm³/mol. The highest BCUT2D eigenvalue weighted by molar-refractivity contribution is 7.20. The van der Waals surface area contributed by atoms with Gasteiger partial charge in [-0.25, -0.2) is 9.78 Å². The summed E-state index contributed by atoms with van der Waals surface area (Å²) in [6, 6.07) is 0. The van der Waals surface area contributed by atoms with Gasteiger partial charge in [0, 0.05) is 26.2 Å². The molecule has 0 spiro atoms. The topological polar surface area (TPSA) is 98.8 Å². The molecule has 0 bridgehead atoms.